The molecule has 2 saturated heterocycles. The molecule has 0 radical (unpaired) electrons. The zero-order valence-corrected chi connectivity index (χ0v) is 18.0. The molecule has 2 N–H and O–H groups in total. The Balaban J connectivity index is 1.47. The first-order chi connectivity index (χ1) is 15.4. The summed E-state index contributed by atoms with van der Waals surface area (Å²) in [5.74, 6) is -1.18. The minimum atomic E-state index is -1.24. The normalized spacial score (nSPS) is 20.8. The molecular formula is C24H26N4O4. The average Bonchev–Trinajstić information content (AvgIpc) is 3.04. The number of para-hydroxylation sites is 1. The molecule has 5 amide bonds. The van der Waals surface area contributed by atoms with Crippen LogP contribution in [-0.2, 0) is 15.1 Å². The summed E-state index contributed by atoms with van der Waals surface area (Å²) < 4.78 is 0. The van der Waals surface area contributed by atoms with E-state index in [9.17, 15) is 19.2 Å². The van der Waals surface area contributed by atoms with Crippen LogP contribution >= 0.6 is 0 Å². The van der Waals surface area contributed by atoms with Crippen molar-refractivity contribution in [3.8, 4) is 0 Å². The number of urea groups is 1. The fourth-order valence-corrected chi connectivity index (χ4v) is 4.19. The van der Waals surface area contributed by atoms with E-state index in [2.05, 4.69) is 10.6 Å². The molecule has 0 aromatic heterocycles. The number of likely N-dealkylation sites (tertiary alicyclic amines) is 1. The van der Waals surface area contributed by atoms with Crippen LogP contribution in [-0.4, -0.2) is 53.2 Å². The van der Waals surface area contributed by atoms with Gasteiger partial charge in [-0.05, 0) is 43.9 Å². The Morgan fingerprint density at radius 2 is 1.62 bits per heavy atom. The number of rotatable bonds is 5. The number of nitrogens with zero attached hydrogens (tertiary/aromatic N) is 2. The van der Waals surface area contributed by atoms with Gasteiger partial charge in [-0.2, -0.15) is 0 Å². The van der Waals surface area contributed by atoms with Crippen LogP contribution in [0.3, 0.4) is 0 Å². The number of anilines is 1. The Morgan fingerprint density at radius 3 is 2.34 bits per heavy atom. The van der Waals surface area contributed by atoms with E-state index in [-0.39, 0.29) is 5.91 Å². The number of nitrogens with one attached hydrogen (secondary N) is 2. The van der Waals surface area contributed by atoms with E-state index in [4.69, 9.17) is 0 Å². The van der Waals surface area contributed by atoms with Crippen molar-refractivity contribution in [3.05, 3.63) is 65.7 Å². The fraction of sp³-hybridized carbons (Fsp3) is 0.333. The number of piperidine rings is 1. The maximum atomic E-state index is 13.0. The summed E-state index contributed by atoms with van der Waals surface area (Å²) in [7, 11) is 0. The first kappa shape index (κ1) is 21.5. The Morgan fingerprint density at radius 1 is 0.969 bits per heavy atom. The summed E-state index contributed by atoms with van der Waals surface area (Å²) in [4.78, 5) is 53.9. The van der Waals surface area contributed by atoms with Crippen LogP contribution in [0.2, 0.25) is 0 Å². The molecule has 166 valence electrons. The quantitative estimate of drug-likeness (QED) is 0.707. The van der Waals surface area contributed by atoms with Crippen molar-refractivity contribution < 1.29 is 19.2 Å². The average molecular weight is 434 g/mol. The molecule has 8 nitrogen and oxygen atoms in total. The molecule has 32 heavy (non-hydrogen) atoms. The third-order valence-electron chi connectivity index (χ3n) is 6.00. The lowest BCUT2D eigenvalue weighted by Gasteiger charge is -2.27. The molecule has 2 aromatic carbocycles. The second-order valence-electron chi connectivity index (χ2n) is 8.26. The van der Waals surface area contributed by atoms with Crippen molar-refractivity contribution in [2.75, 3.05) is 25.0 Å². The van der Waals surface area contributed by atoms with Gasteiger partial charge in [-0.3, -0.25) is 19.3 Å². The lowest BCUT2D eigenvalue weighted by molar-refractivity contribution is -0.133. The van der Waals surface area contributed by atoms with Crippen molar-refractivity contribution in [1.29, 1.82) is 0 Å². The second kappa shape index (κ2) is 8.82. The summed E-state index contributed by atoms with van der Waals surface area (Å²) in [5.41, 5.74) is 0.166. The van der Waals surface area contributed by atoms with Crippen LogP contribution in [0.4, 0.5) is 10.5 Å². The Labute approximate surface area is 186 Å². The predicted octanol–water partition coefficient (Wildman–Crippen LogP) is 2.72. The van der Waals surface area contributed by atoms with Crippen LogP contribution in [0.25, 0.3) is 0 Å². The van der Waals surface area contributed by atoms with E-state index in [0.29, 0.717) is 29.9 Å². The van der Waals surface area contributed by atoms with E-state index < -0.39 is 29.9 Å². The van der Waals surface area contributed by atoms with Crippen LogP contribution in [0.15, 0.2) is 54.6 Å². The minimum absolute atomic E-state index is 0.132. The molecule has 8 heteroatoms. The maximum Gasteiger partial charge on any atom is 0.325 e. The maximum absolute atomic E-state index is 13.0. The number of carbonyl (C=O) groups is 4. The summed E-state index contributed by atoms with van der Waals surface area (Å²) in [6.45, 7) is 2.57. The number of hydrogen-bond donors (Lipinski definition) is 2. The minimum Gasteiger partial charge on any atom is -0.339 e. The lowest BCUT2D eigenvalue weighted by Crippen LogP contribution is -2.42. The van der Waals surface area contributed by atoms with Crippen molar-refractivity contribution in [3.63, 3.8) is 0 Å². The Hall–Kier alpha value is -3.68. The third kappa shape index (κ3) is 4.08. The van der Waals surface area contributed by atoms with Crippen LogP contribution in [0, 0.1) is 0 Å². The van der Waals surface area contributed by atoms with Crippen molar-refractivity contribution >= 4 is 29.4 Å². The smallest absolute Gasteiger partial charge is 0.325 e. The Bertz CT molecular complexity index is 1050. The Kier molecular flexibility index (Phi) is 5.94. The van der Waals surface area contributed by atoms with Gasteiger partial charge in [0.05, 0.1) is 11.3 Å². The molecule has 0 saturated carbocycles. The van der Waals surface area contributed by atoms with Gasteiger partial charge >= 0.3 is 6.03 Å². The SMILES string of the molecule is C[C@]1(c2ccccc2)NC(=O)N(CC(=O)Nc2ccccc2C(=O)N2CCCCC2)C1=O. The standard InChI is InChI=1S/C24H26N4O4/c1-24(17-10-4-2-5-11-17)22(31)28(23(32)26-24)16-20(29)25-19-13-7-6-12-18(19)21(30)27-14-8-3-9-15-27/h2,4-7,10-13H,3,8-9,14-16H2,1H3,(H,25,29)(H,26,32)/t24-/m1/s1. The number of carbonyl (C=O) groups excluding carboxylic acids is 4. The number of hydrogen-bond acceptors (Lipinski definition) is 4. The molecule has 0 aliphatic carbocycles. The number of amides is 5. The van der Waals surface area contributed by atoms with Gasteiger partial charge in [0.25, 0.3) is 11.8 Å². The number of benzene rings is 2. The molecule has 1 atom stereocenters. The van der Waals surface area contributed by atoms with Crippen LogP contribution in [0.5, 0.6) is 0 Å². The molecule has 2 aliphatic heterocycles. The van der Waals surface area contributed by atoms with Gasteiger partial charge in [0.15, 0.2) is 0 Å². The summed E-state index contributed by atoms with van der Waals surface area (Å²) >= 11 is 0. The molecule has 2 aromatic rings. The third-order valence-corrected chi connectivity index (χ3v) is 6.00. The summed E-state index contributed by atoms with van der Waals surface area (Å²) in [6.07, 6.45) is 3.04. The van der Waals surface area contributed by atoms with E-state index >= 15 is 0 Å². The summed E-state index contributed by atoms with van der Waals surface area (Å²) in [6, 6.07) is 15.1. The predicted molar refractivity (Wildman–Crippen MR) is 119 cm³/mol. The van der Waals surface area contributed by atoms with Crippen LogP contribution < -0.4 is 10.6 Å². The lowest BCUT2D eigenvalue weighted by atomic mass is 9.92. The monoisotopic (exact) mass is 434 g/mol. The molecule has 4 rings (SSSR count). The molecule has 2 fully saturated rings. The molecule has 0 unspecified atom stereocenters. The van der Waals surface area contributed by atoms with Gasteiger partial charge < -0.3 is 15.5 Å². The molecule has 0 spiro atoms. The summed E-state index contributed by atoms with van der Waals surface area (Å²) in [5, 5.41) is 5.39. The van der Waals surface area contributed by atoms with Crippen molar-refractivity contribution in [2.24, 2.45) is 0 Å². The highest BCUT2D eigenvalue weighted by molar-refractivity contribution is 6.11. The van der Waals surface area contributed by atoms with Gasteiger partial charge in [0.2, 0.25) is 5.91 Å². The van der Waals surface area contributed by atoms with Gasteiger partial charge in [0, 0.05) is 13.1 Å². The van der Waals surface area contributed by atoms with Gasteiger partial charge in [-0.25, -0.2) is 4.79 Å². The van der Waals surface area contributed by atoms with Gasteiger partial charge in [-0.15, -0.1) is 0 Å². The molecule has 0 bridgehead atoms. The van der Waals surface area contributed by atoms with E-state index in [1.54, 1.807) is 60.4 Å². The van der Waals surface area contributed by atoms with Crippen molar-refractivity contribution in [2.45, 2.75) is 31.7 Å². The number of imide groups is 1. The largest absolute Gasteiger partial charge is 0.339 e. The first-order valence-corrected chi connectivity index (χ1v) is 10.8. The fourth-order valence-electron chi connectivity index (χ4n) is 4.19. The zero-order valence-electron chi connectivity index (χ0n) is 18.0. The van der Waals surface area contributed by atoms with E-state index in [0.717, 1.165) is 24.2 Å². The second-order valence-corrected chi connectivity index (χ2v) is 8.26. The van der Waals surface area contributed by atoms with Crippen LogP contribution in [0.1, 0.15) is 42.1 Å². The molecular weight excluding hydrogens is 408 g/mol. The highest BCUT2D eigenvalue weighted by Crippen LogP contribution is 2.28. The highest BCUT2D eigenvalue weighted by atomic mass is 16.2. The zero-order chi connectivity index (χ0) is 22.7. The van der Waals surface area contributed by atoms with Gasteiger partial charge in [-0.1, -0.05) is 42.5 Å². The van der Waals surface area contributed by atoms with E-state index in [1.807, 2.05) is 6.07 Å². The first-order valence-electron chi connectivity index (χ1n) is 10.8. The molecule has 2 heterocycles. The highest BCUT2D eigenvalue weighted by Gasteiger charge is 2.49. The molecule has 2 aliphatic rings. The van der Waals surface area contributed by atoms with Crippen molar-refractivity contribution in [1.82, 2.24) is 15.1 Å². The van der Waals surface area contributed by atoms with Gasteiger partial charge in [0.1, 0.15) is 12.1 Å². The van der Waals surface area contributed by atoms with E-state index in [1.165, 1.54) is 0 Å². The topological polar surface area (TPSA) is 98.8 Å².